The first-order valence-electron chi connectivity index (χ1n) is 17.4. The Balaban J connectivity index is 1.50. The van der Waals surface area contributed by atoms with Crippen LogP contribution in [0.4, 0.5) is 4.79 Å². The van der Waals surface area contributed by atoms with Gasteiger partial charge < -0.3 is 29.3 Å². The molecule has 3 N–H and O–H groups in total. The molecule has 2 heterocycles. The summed E-state index contributed by atoms with van der Waals surface area (Å²) >= 11 is 1.91. The van der Waals surface area contributed by atoms with E-state index in [1.165, 1.54) is 31.1 Å². The molecule has 0 spiro atoms. The number of aliphatic hydroxyl groups excluding tert-OH is 1. The van der Waals surface area contributed by atoms with Crippen LogP contribution in [0.5, 0.6) is 17.2 Å². The Morgan fingerprint density at radius 3 is 1.84 bits per heavy atom. The van der Waals surface area contributed by atoms with E-state index in [1.807, 2.05) is 34.7 Å². The molecule has 0 aliphatic carbocycles. The van der Waals surface area contributed by atoms with Gasteiger partial charge in [-0.2, -0.15) is 9.10 Å². The molecule has 1 fully saturated rings. The first-order chi connectivity index (χ1) is 27.3. The number of carboxylic acid groups (broad SMARTS) is 1. The van der Waals surface area contributed by atoms with Crippen LogP contribution in [-0.4, -0.2) is 109 Å². The van der Waals surface area contributed by atoms with Gasteiger partial charge in [-0.05, 0) is 99.4 Å². The Hall–Kier alpha value is -4.87. The summed E-state index contributed by atoms with van der Waals surface area (Å²) in [4.78, 5) is 12.9. The predicted molar refractivity (Wildman–Crippen MR) is 215 cm³/mol. The summed E-state index contributed by atoms with van der Waals surface area (Å²) in [5.74, 6) is 1.62. The Bertz CT molecular complexity index is 2370. The number of aliphatic hydroxyl groups is 1. The van der Waals surface area contributed by atoms with E-state index in [4.69, 9.17) is 14.2 Å². The van der Waals surface area contributed by atoms with Gasteiger partial charge in [-0.3, -0.25) is 0 Å². The summed E-state index contributed by atoms with van der Waals surface area (Å²) < 4.78 is 79.6. The number of carbonyl (C=O) groups is 1. The molecular weight excluding hydrogens is 893 g/mol. The first-order valence-corrected chi connectivity index (χ1v) is 21.4. The molecule has 4 aromatic carbocycles. The number of nitrogens with zero attached hydrogens (tertiary/aromatic N) is 6. The van der Waals surface area contributed by atoms with E-state index in [2.05, 4.69) is 20.1 Å². The van der Waals surface area contributed by atoms with Crippen molar-refractivity contribution >= 4 is 48.7 Å². The van der Waals surface area contributed by atoms with E-state index in [0.717, 1.165) is 14.8 Å². The number of halogens is 1. The quantitative estimate of drug-likeness (QED) is 0.120. The molecule has 302 valence electrons. The van der Waals surface area contributed by atoms with Crippen LogP contribution in [0.15, 0.2) is 94.7 Å². The topological polar surface area (TPSA) is 216 Å². The molecule has 0 bridgehead atoms. The number of rotatable bonds is 16. The Kier molecular flexibility index (Phi) is 13.0. The highest BCUT2D eigenvalue weighted by molar-refractivity contribution is 14.1. The smallest absolute Gasteiger partial charge is 0.407 e. The van der Waals surface area contributed by atoms with E-state index >= 15 is 8.42 Å². The van der Waals surface area contributed by atoms with Crippen LogP contribution in [0, 0.1) is 3.57 Å². The predicted octanol–water partition coefficient (Wildman–Crippen LogP) is 3.80. The van der Waals surface area contributed by atoms with Crippen molar-refractivity contribution < 1.29 is 46.1 Å². The summed E-state index contributed by atoms with van der Waals surface area (Å²) in [5, 5.41) is 32.4. The van der Waals surface area contributed by atoms with Crippen molar-refractivity contribution in [2.24, 2.45) is 0 Å². The maximum absolute atomic E-state index is 15.4. The molecule has 1 saturated heterocycles. The summed E-state index contributed by atoms with van der Waals surface area (Å²) in [7, 11) is -4.94. The van der Waals surface area contributed by atoms with Crippen LogP contribution in [0.25, 0.3) is 11.4 Å². The van der Waals surface area contributed by atoms with Crippen LogP contribution in [0.2, 0.25) is 0 Å². The maximum Gasteiger partial charge on any atom is 0.407 e. The Morgan fingerprint density at radius 1 is 0.842 bits per heavy atom. The second-order valence-electron chi connectivity index (χ2n) is 13.0. The average Bonchev–Trinajstić information content (AvgIpc) is 3.84. The minimum absolute atomic E-state index is 0.0381. The molecule has 5 aromatic rings. The molecule has 57 heavy (non-hydrogen) atoms. The van der Waals surface area contributed by atoms with Gasteiger partial charge in [0.2, 0.25) is 25.9 Å². The molecule has 2 unspecified atom stereocenters. The largest absolute Gasteiger partial charge is 0.497 e. The molecule has 2 atom stereocenters. The van der Waals surface area contributed by atoms with Gasteiger partial charge >= 0.3 is 6.09 Å². The van der Waals surface area contributed by atoms with Crippen molar-refractivity contribution in [3.8, 4) is 28.6 Å². The minimum Gasteiger partial charge on any atom is -0.497 e. The number of methoxy groups -OCH3 is 3. The number of likely N-dealkylation sites (tertiary alicyclic amines) is 1. The van der Waals surface area contributed by atoms with Gasteiger partial charge in [0.05, 0.1) is 46.1 Å². The number of hydrogen-bond donors (Lipinski definition) is 3. The molecule has 1 amide bonds. The first kappa shape index (κ1) is 41.8. The van der Waals surface area contributed by atoms with Crippen molar-refractivity contribution in [1.29, 1.82) is 0 Å². The highest BCUT2D eigenvalue weighted by Gasteiger charge is 2.41. The lowest BCUT2D eigenvalue weighted by atomic mass is 10.2. The van der Waals surface area contributed by atoms with Gasteiger partial charge in [0, 0.05) is 29.2 Å². The number of sulfonamides is 2. The highest BCUT2D eigenvalue weighted by atomic mass is 127. The fraction of sp³-hybridized carbons (Fsp3) is 0.297. The van der Waals surface area contributed by atoms with Crippen LogP contribution >= 0.6 is 22.6 Å². The van der Waals surface area contributed by atoms with Gasteiger partial charge in [-0.1, -0.05) is 36.4 Å². The highest BCUT2D eigenvalue weighted by Crippen LogP contribution is 2.38. The van der Waals surface area contributed by atoms with Gasteiger partial charge in [-0.25, -0.2) is 26.4 Å². The van der Waals surface area contributed by atoms with Crippen LogP contribution < -0.4 is 18.9 Å². The third kappa shape index (κ3) is 9.47. The fourth-order valence-corrected chi connectivity index (χ4v) is 11.0. The number of tetrazole rings is 1. The molecule has 0 radical (unpaired) electrons. The third-order valence-corrected chi connectivity index (χ3v) is 13.8. The lowest BCUT2D eigenvalue weighted by Crippen LogP contribution is -2.40. The molecule has 0 saturated carbocycles. The zero-order valence-electron chi connectivity index (χ0n) is 31.0. The lowest BCUT2D eigenvalue weighted by Gasteiger charge is -2.26. The zero-order chi connectivity index (χ0) is 40.9. The number of benzene rings is 4. The second kappa shape index (κ2) is 17.7. The van der Waals surface area contributed by atoms with Crippen LogP contribution in [-0.2, 0) is 39.7 Å². The fourth-order valence-electron chi connectivity index (χ4n) is 6.44. The second-order valence-corrected chi connectivity index (χ2v) is 17.8. The summed E-state index contributed by atoms with van der Waals surface area (Å²) in [5.41, 5.74) is 1.86. The number of aromatic nitrogens is 4. The van der Waals surface area contributed by atoms with Crippen molar-refractivity contribution in [3.63, 3.8) is 0 Å². The Labute approximate surface area is 343 Å². The standard InChI is InChI=1S/C37H40IN7O10S2/c1-53-29-10-4-24(5-11-29)19-43(20-25-6-12-30(54-2)13-7-25)57(51,52)35-33(56(49,50)41-27-18-28(23-46)44(22-27)37(47)48)17-16-32(38)34(35)36-39-42-45(40-36)21-26-8-14-31(55-3)15-9-26/h4-17,27-28,41,46H,18-23H2,1-3H3,(H,47,48). The molecule has 1 aliphatic rings. The third-order valence-electron chi connectivity index (χ3n) is 9.35. The monoisotopic (exact) mass is 933 g/mol. The van der Waals surface area contributed by atoms with E-state index in [-0.39, 0.29) is 44.0 Å². The number of ether oxygens (including phenoxy) is 3. The average molecular weight is 934 g/mol. The summed E-state index contributed by atoms with van der Waals surface area (Å²) in [6.07, 6.45) is -1.36. The molecule has 1 aliphatic heterocycles. The SMILES string of the molecule is COc1ccc(CN(Cc2ccc(OC)cc2)S(=O)(=O)c2c(S(=O)(=O)NC3CC(CO)N(C(=O)O)C3)ccc(I)c2-c2nnn(Cc3ccc(OC)cc3)n2)cc1. The Morgan fingerprint density at radius 2 is 1.37 bits per heavy atom. The zero-order valence-corrected chi connectivity index (χ0v) is 34.8. The summed E-state index contributed by atoms with van der Waals surface area (Å²) in [6, 6.07) is 21.6. The van der Waals surface area contributed by atoms with E-state index in [9.17, 15) is 23.4 Å². The minimum atomic E-state index is -4.80. The number of amides is 1. The van der Waals surface area contributed by atoms with Crippen molar-refractivity contribution in [2.75, 3.05) is 34.5 Å². The summed E-state index contributed by atoms with van der Waals surface area (Å²) in [6.45, 7) is -0.989. The molecule has 17 nitrogen and oxygen atoms in total. The van der Waals surface area contributed by atoms with Crippen LogP contribution in [0.1, 0.15) is 23.1 Å². The van der Waals surface area contributed by atoms with Crippen molar-refractivity contribution in [1.82, 2.24) is 34.1 Å². The van der Waals surface area contributed by atoms with Gasteiger partial charge in [0.15, 0.2) is 0 Å². The maximum atomic E-state index is 15.4. The van der Waals surface area contributed by atoms with E-state index in [1.54, 1.807) is 67.8 Å². The molecule has 1 aromatic heterocycles. The number of nitrogens with one attached hydrogen (secondary N) is 1. The van der Waals surface area contributed by atoms with Crippen LogP contribution in [0.3, 0.4) is 0 Å². The van der Waals surface area contributed by atoms with Gasteiger partial charge in [0.25, 0.3) is 0 Å². The van der Waals surface area contributed by atoms with Gasteiger partial charge in [0.1, 0.15) is 27.0 Å². The van der Waals surface area contributed by atoms with Crippen molar-refractivity contribution in [3.05, 3.63) is 105 Å². The number of hydrogen-bond acceptors (Lipinski definition) is 12. The molecule has 6 rings (SSSR count). The van der Waals surface area contributed by atoms with Crippen molar-refractivity contribution in [2.45, 2.75) is 47.9 Å². The lowest BCUT2D eigenvalue weighted by molar-refractivity contribution is 0.118. The molecule has 20 heteroatoms. The van der Waals surface area contributed by atoms with Gasteiger partial charge in [-0.15, -0.1) is 10.2 Å². The normalized spacial score (nSPS) is 15.9. The molecular formula is C37H40IN7O10S2. The van der Waals surface area contributed by atoms with E-state index in [0.29, 0.717) is 31.9 Å². The van der Waals surface area contributed by atoms with E-state index < -0.39 is 54.6 Å².